The van der Waals surface area contributed by atoms with Gasteiger partial charge in [0.15, 0.2) is 0 Å². The molecule has 1 N–H and O–H groups in total. The van der Waals surface area contributed by atoms with E-state index in [0.29, 0.717) is 25.5 Å². The van der Waals surface area contributed by atoms with Crippen LogP contribution >= 0.6 is 0 Å². The molecule has 9 heteroatoms. The lowest BCUT2D eigenvalue weighted by Crippen LogP contribution is -2.36. The molecule has 0 amide bonds. The van der Waals surface area contributed by atoms with Crippen molar-refractivity contribution in [3.63, 3.8) is 0 Å². The second kappa shape index (κ2) is 8.37. The molecule has 0 aliphatic carbocycles. The zero-order valence-electron chi connectivity index (χ0n) is 16.2. The number of anilines is 1. The first-order valence-electron chi connectivity index (χ1n) is 9.23. The highest BCUT2D eigenvalue weighted by Crippen LogP contribution is 2.26. The van der Waals surface area contributed by atoms with Gasteiger partial charge in [0.2, 0.25) is 10.0 Å². The zero-order valence-corrected chi connectivity index (χ0v) is 17.0. The van der Waals surface area contributed by atoms with Crippen LogP contribution in [0.5, 0.6) is 0 Å². The highest BCUT2D eigenvalue weighted by Gasteiger charge is 2.29. The summed E-state index contributed by atoms with van der Waals surface area (Å²) >= 11 is 0. The number of aromatic nitrogens is 3. The number of hydrogen-bond donors (Lipinski definition) is 1. The third-order valence-corrected chi connectivity index (χ3v) is 6.83. The van der Waals surface area contributed by atoms with Crippen molar-refractivity contribution in [2.75, 3.05) is 39.0 Å². The summed E-state index contributed by atoms with van der Waals surface area (Å²) in [5, 5.41) is 7.49. The third kappa shape index (κ3) is 4.48. The second-order valence-electron chi connectivity index (χ2n) is 7.12. The second-order valence-corrected chi connectivity index (χ2v) is 9.03. The minimum atomic E-state index is -3.54. The molecule has 0 saturated carbocycles. The van der Waals surface area contributed by atoms with Gasteiger partial charge >= 0.3 is 0 Å². The molecule has 0 bridgehead atoms. The predicted octanol–water partition coefficient (Wildman–Crippen LogP) is 1.70. The lowest BCUT2D eigenvalue weighted by molar-refractivity contribution is 0.311. The summed E-state index contributed by atoms with van der Waals surface area (Å²) in [5.74, 6) is 0.402. The molecule has 8 nitrogen and oxygen atoms in total. The fourth-order valence-electron chi connectivity index (χ4n) is 3.38. The van der Waals surface area contributed by atoms with Gasteiger partial charge in [0, 0.05) is 44.6 Å². The van der Waals surface area contributed by atoms with Gasteiger partial charge < -0.3 is 10.2 Å². The van der Waals surface area contributed by atoms with Gasteiger partial charge in [0.25, 0.3) is 0 Å². The molecular formula is C18H28N6O2S. The van der Waals surface area contributed by atoms with Gasteiger partial charge in [-0.1, -0.05) is 6.42 Å². The number of sulfonamides is 1. The van der Waals surface area contributed by atoms with E-state index in [4.69, 9.17) is 0 Å². The number of nitrogens with one attached hydrogen (secondary N) is 1. The Hall–Kier alpha value is -1.97. The van der Waals surface area contributed by atoms with Crippen LogP contribution in [0.3, 0.4) is 0 Å². The lowest BCUT2D eigenvalue weighted by Gasteiger charge is -2.27. The van der Waals surface area contributed by atoms with Crippen molar-refractivity contribution in [3.05, 3.63) is 36.3 Å². The molecule has 1 aliphatic rings. The van der Waals surface area contributed by atoms with Crippen LogP contribution in [0.15, 0.2) is 35.6 Å². The normalized spacial score (nSPS) is 17.2. The van der Waals surface area contributed by atoms with Crippen molar-refractivity contribution in [2.24, 2.45) is 7.05 Å². The fourth-order valence-corrected chi connectivity index (χ4v) is 5.02. The Balaban J connectivity index is 1.81. The largest absolute Gasteiger partial charge is 0.367 e. The molecule has 0 radical (unpaired) electrons. The Labute approximate surface area is 161 Å². The molecule has 3 rings (SSSR count). The van der Waals surface area contributed by atoms with Crippen molar-refractivity contribution in [1.29, 1.82) is 0 Å². The van der Waals surface area contributed by atoms with Gasteiger partial charge in [0.1, 0.15) is 10.7 Å². The molecule has 148 valence electrons. The van der Waals surface area contributed by atoms with E-state index in [1.807, 2.05) is 33.5 Å². The van der Waals surface area contributed by atoms with Crippen LogP contribution in [-0.2, 0) is 17.1 Å². The SMILES string of the molecule is CN(C)C(CNc1ncccc1S(=O)(=O)N1CCCCC1)c1cnn(C)c1. The first kappa shape index (κ1) is 19.8. The molecule has 0 aromatic carbocycles. The van der Waals surface area contributed by atoms with Gasteiger partial charge in [-0.3, -0.25) is 4.68 Å². The van der Waals surface area contributed by atoms with E-state index in [-0.39, 0.29) is 10.9 Å². The number of likely N-dealkylation sites (N-methyl/N-ethyl adjacent to an activating group) is 1. The van der Waals surface area contributed by atoms with Gasteiger partial charge in [-0.15, -0.1) is 0 Å². The summed E-state index contributed by atoms with van der Waals surface area (Å²) in [6, 6.07) is 3.35. The number of pyridine rings is 1. The van der Waals surface area contributed by atoms with E-state index in [1.54, 1.807) is 27.3 Å². The number of hydrogen-bond acceptors (Lipinski definition) is 6. The van der Waals surface area contributed by atoms with E-state index in [9.17, 15) is 8.42 Å². The van der Waals surface area contributed by atoms with Crippen LogP contribution in [-0.4, -0.2) is 66.1 Å². The van der Waals surface area contributed by atoms with Crippen LogP contribution in [0.1, 0.15) is 30.9 Å². The molecular weight excluding hydrogens is 364 g/mol. The van der Waals surface area contributed by atoms with Gasteiger partial charge in [-0.2, -0.15) is 9.40 Å². The summed E-state index contributed by atoms with van der Waals surface area (Å²) in [5.41, 5.74) is 1.06. The van der Waals surface area contributed by atoms with Crippen molar-refractivity contribution in [2.45, 2.75) is 30.2 Å². The van der Waals surface area contributed by atoms with E-state index in [1.165, 1.54) is 0 Å². The highest BCUT2D eigenvalue weighted by atomic mass is 32.2. The predicted molar refractivity (Wildman–Crippen MR) is 105 cm³/mol. The first-order chi connectivity index (χ1) is 12.9. The van der Waals surface area contributed by atoms with Crippen LogP contribution in [0, 0.1) is 0 Å². The van der Waals surface area contributed by atoms with Crippen molar-refractivity contribution in [3.8, 4) is 0 Å². The summed E-state index contributed by atoms with van der Waals surface area (Å²) in [7, 11) is 2.32. The fraction of sp³-hybridized carbons (Fsp3) is 0.556. The Bertz CT molecular complexity index is 858. The molecule has 1 unspecified atom stereocenters. The molecule has 2 aromatic rings. The molecule has 1 aliphatic heterocycles. The maximum Gasteiger partial charge on any atom is 0.246 e. The maximum atomic E-state index is 13.1. The summed E-state index contributed by atoms with van der Waals surface area (Å²) in [4.78, 5) is 6.63. The van der Waals surface area contributed by atoms with Crippen molar-refractivity contribution < 1.29 is 8.42 Å². The van der Waals surface area contributed by atoms with Gasteiger partial charge in [0.05, 0.1) is 12.2 Å². The van der Waals surface area contributed by atoms with Crippen LogP contribution in [0.2, 0.25) is 0 Å². The van der Waals surface area contributed by atoms with Gasteiger partial charge in [-0.25, -0.2) is 13.4 Å². The van der Waals surface area contributed by atoms with E-state index < -0.39 is 10.0 Å². The number of aryl methyl sites for hydroxylation is 1. The number of nitrogens with zero attached hydrogens (tertiary/aromatic N) is 5. The van der Waals surface area contributed by atoms with E-state index in [2.05, 4.69) is 20.3 Å². The average Bonchev–Trinajstić information content (AvgIpc) is 3.08. The maximum absolute atomic E-state index is 13.1. The summed E-state index contributed by atoms with van der Waals surface area (Å²) in [6.45, 7) is 1.68. The minimum Gasteiger partial charge on any atom is -0.367 e. The quantitative estimate of drug-likeness (QED) is 0.772. The van der Waals surface area contributed by atoms with Crippen LogP contribution < -0.4 is 5.32 Å². The molecule has 1 fully saturated rings. The number of rotatable bonds is 7. The van der Waals surface area contributed by atoms with Crippen molar-refractivity contribution >= 4 is 15.8 Å². The smallest absolute Gasteiger partial charge is 0.246 e. The third-order valence-electron chi connectivity index (χ3n) is 4.90. The van der Waals surface area contributed by atoms with Gasteiger partial charge in [-0.05, 0) is 39.1 Å². The Morgan fingerprint density at radius 1 is 1.26 bits per heavy atom. The Kier molecular flexibility index (Phi) is 6.13. The topological polar surface area (TPSA) is 83.4 Å². The molecule has 2 aromatic heterocycles. The summed E-state index contributed by atoms with van der Waals surface area (Å²) < 4.78 is 29.5. The monoisotopic (exact) mass is 392 g/mol. The van der Waals surface area contributed by atoms with E-state index in [0.717, 1.165) is 24.8 Å². The Morgan fingerprint density at radius 3 is 2.63 bits per heavy atom. The molecule has 27 heavy (non-hydrogen) atoms. The standard InChI is InChI=1S/C18H28N6O2S/c1-22(2)16(15-12-21-23(3)14-15)13-20-18-17(8-7-9-19-18)27(25,26)24-10-5-4-6-11-24/h7-9,12,14,16H,4-6,10-11,13H2,1-3H3,(H,19,20). The first-order valence-corrected chi connectivity index (χ1v) is 10.7. The molecule has 1 saturated heterocycles. The number of piperidine rings is 1. The minimum absolute atomic E-state index is 0.0475. The average molecular weight is 393 g/mol. The molecule has 0 spiro atoms. The van der Waals surface area contributed by atoms with Crippen molar-refractivity contribution in [1.82, 2.24) is 24.0 Å². The lowest BCUT2D eigenvalue weighted by atomic mass is 10.1. The van der Waals surface area contributed by atoms with E-state index >= 15 is 0 Å². The zero-order chi connectivity index (χ0) is 19.4. The molecule has 3 heterocycles. The molecule has 1 atom stereocenters. The van der Waals surface area contributed by atoms with Crippen LogP contribution in [0.4, 0.5) is 5.82 Å². The Morgan fingerprint density at radius 2 is 2.00 bits per heavy atom. The summed E-state index contributed by atoms with van der Waals surface area (Å²) in [6.07, 6.45) is 8.32. The van der Waals surface area contributed by atoms with Crippen LogP contribution in [0.25, 0.3) is 0 Å². The highest BCUT2D eigenvalue weighted by molar-refractivity contribution is 7.89.